The van der Waals surface area contributed by atoms with E-state index in [1.54, 1.807) is 13.8 Å². The zero-order chi connectivity index (χ0) is 13.4. The molecular formula is C14H25NO3. The van der Waals surface area contributed by atoms with Crippen molar-refractivity contribution in [2.24, 2.45) is 0 Å². The molecule has 1 atom stereocenters. The van der Waals surface area contributed by atoms with Gasteiger partial charge in [0, 0.05) is 12.6 Å². The quantitative estimate of drug-likeness (QED) is 0.840. The number of carboxylic acids is 1. The fourth-order valence-corrected chi connectivity index (χ4v) is 3.31. The Morgan fingerprint density at radius 2 is 2.00 bits per heavy atom. The van der Waals surface area contributed by atoms with Gasteiger partial charge in [-0.2, -0.15) is 0 Å². The number of ether oxygens (including phenoxy) is 1. The van der Waals surface area contributed by atoms with Crippen LogP contribution in [0, 0.1) is 0 Å². The largest absolute Gasteiger partial charge is 0.480 e. The van der Waals surface area contributed by atoms with Crippen LogP contribution in [0.4, 0.5) is 0 Å². The molecule has 104 valence electrons. The summed E-state index contributed by atoms with van der Waals surface area (Å²) in [6, 6.07) is 0.322. The van der Waals surface area contributed by atoms with Gasteiger partial charge in [0.05, 0.1) is 5.60 Å². The lowest BCUT2D eigenvalue weighted by atomic mass is 9.86. The molecule has 4 nitrogen and oxygen atoms in total. The number of likely N-dealkylation sites (N-methyl/N-ethyl adjacent to an activating group) is 1. The summed E-state index contributed by atoms with van der Waals surface area (Å²) in [5, 5.41) is 9.33. The van der Waals surface area contributed by atoms with Gasteiger partial charge >= 0.3 is 5.97 Å². The van der Waals surface area contributed by atoms with E-state index < -0.39 is 11.5 Å². The van der Waals surface area contributed by atoms with E-state index in [4.69, 9.17) is 4.74 Å². The maximum atomic E-state index is 11.3. The van der Waals surface area contributed by atoms with Crippen LogP contribution in [0.25, 0.3) is 0 Å². The van der Waals surface area contributed by atoms with Gasteiger partial charge in [0.15, 0.2) is 0 Å². The molecule has 0 aromatic carbocycles. The molecular weight excluding hydrogens is 230 g/mol. The third-order valence-electron chi connectivity index (χ3n) is 4.93. The van der Waals surface area contributed by atoms with Crippen LogP contribution in [-0.4, -0.2) is 46.8 Å². The maximum Gasteiger partial charge on any atom is 0.323 e. The van der Waals surface area contributed by atoms with E-state index in [0.717, 1.165) is 32.3 Å². The molecule has 2 aliphatic rings. The number of aliphatic carboxylic acids is 1. The number of hydrogen-bond donors (Lipinski definition) is 1. The summed E-state index contributed by atoms with van der Waals surface area (Å²) in [5.74, 6) is -0.753. The van der Waals surface area contributed by atoms with Crippen LogP contribution in [0.1, 0.15) is 52.4 Å². The molecule has 1 saturated heterocycles. The highest BCUT2D eigenvalue weighted by molar-refractivity contribution is 5.77. The van der Waals surface area contributed by atoms with E-state index in [1.807, 2.05) is 11.9 Å². The monoisotopic (exact) mass is 255 g/mol. The van der Waals surface area contributed by atoms with Crippen molar-refractivity contribution < 1.29 is 14.6 Å². The summed E-state index contributed by atoms with van der Waals surface area (Å²) in [6.45, 7) is 4.34. The standard InChI is InChI=1S/C14H25NO3/c1-13(2,12(16)17)15(3)11-6-9-18-14(10-11)7-4-5-8-14/h11H,4-10H2,1-3H3,(H,16,17). The molecule has 0 bridgehead atoms. The van der Waals surface area contributed by atoms with Crippen molar-refractivity contribution in [1.29, 1.82) is 0 Å². The van der Waals surface area contributed by atoms with Crippen LogP contribution in [-0.2, 0) is 9.53 Å². The van der Waals surface area contributed by atoms with Crippen LogP contribution < -0.4 is 0 Å². The van der Waals surface area contributed by atoms with Gasteiger partial charge in [-0.25, -0.2) is 0 Å². The van der Waals surface area contributed by atoms with E-state index in [2.05, 4.69) is 0 Å². The van der Waals surface area contributed by atoms with Gasteiger partial charge in [0.2, 0.25) is 0 Å². The Balaban J connectivity index is 2.07. The maximum absolute atomic E-state index is 11.3. The molecule has 18 heavy (non-hydrogen) atoms. The fourth-order valence-electron chi connectivity index (χ4n) is 3.31. The fraction of sp³-hybridized carbons (Fsp3) is 0.929. The lowest BCUT2D eigenvalue weighted by molar-refractivity contribution is -0.155. The summed E-state index contributed by atoms with van der Waals surface area (Å²) in [6.07, 6.45) is 6.71. The Morgan fingerprint density at radius 1 is 1.39 bits per heavy atom. The van der Waals surface area contributed by atoms with Gasteiger partial charge in [-0.05, 0) is 46.6 Å². The lowest BCUT2D eigenvalue weighted by Gasteiger charge is -2.45. The molecule has 2 rings (SSSR count). The Kier molecular flexibility index (Phi) is 3.70. The van der Waals surface area contributed by atoms with Crippen molar-refractivity contribution in [1.82, 2.24) is 4.90 Å². The molecule has 1 aliphatic carbocycles. The van der Waals surface area contributed by atoms with Gasteiger partial charge in [0.1, 0.15) is 5.54 Å². The van der Waals surface area contributed by atoms with Gasteiger partial charge < -0.3 is 9.84 Å². The molecule has 1 spiro atoms. The SMILES string of the molecule is CN(C1CCOC2(CCCC2)C1)C(C)(C)C(=O)O. The smallest absolute Gasteiger partial charge is 0.323 e. The second-order valence-corrected chi connectivity index (χ2v) is 6.36. The van der Waals surface area contributed by atoms with Gasteiger partial charge in [-0.15, -0.1) is 0 Å². The first-order valence-corrected chi connectivity index (χ1v) is 6.98. The molecule has 1 heterocycles. The predicted octanol–water partition coefficient (Wildman–Crippen LogP) is 2.27. The normalized spacial score (nSPS) is 27.9. The molecule has 0 radical (unpaired) electrons. The van der Waals surface area contributed by atoms with Crippen molar-refractivity contribution in [3.05, 3.63) is 0 Å². The van der Waals surface area contributed by atoms with Crippen molar-refractivity contribution in [2.75, 3.05) is 13.7 Å². The number of hydrogen-bond acceptors (Lipinski definition) is 3. The number of carboxylic acid groups (broad SMARTS) is 1. The lowest BCUT2D eigenvalue weighted by Crippen LogP contribution is -2.56. The summed E-state index contributed by atoms with van der Waals surface area (Å²) in [4.78, 5) is 13.4. The zero-order valence-electron chi connectivity index (χ0n) is 11.7. The Hall–Kier alpha value is -0.610. The molecule has 2 fully saturated rings. The Morgan fingerprint density at radius 3 is 2.56 bits per heavy atom. The molecule has 1 unspecified atom stereocenters. The van der Waals surface area contributed by atoms with E-state index in [-0.39, 0.29) is 5.60 Å². The Bertz CT molecular complexity index is 321. The average Bonchev–Trinajstić information content (AvgIpc) is 2.76. The van der Waals surface area contributed by atoms with Crippen molar-refractivity contribution in [3.8, 4) is 0 Å². The predicted molar refractivity (Wildman–Crippen MR) is 69.7 cm³/mol. The molecule has 1 saturated carbocycles. The minimum absolute atomic E-state index is 0.0474. The highest BCUT2D eigenvalue weighted by Gasteiger charge is 2.44. The van der Waals surface area contributed by atoms with Gasteiger partial charge in [-0.1, -0.05) is 12.8 Å². The minimum atomic E-state index is -0.804. The Labute approximate surface area is 109 Å². The summed E-state index contributed by atoms with van der Waals surface area (Å²) in [5.41, 5.74) is -0.756. The first-order valence-electron chi connectivity index (χ1n) is 6.98. The van der Waals surface area contributed by atoms with Crippen LogP contribution in [0.15, 0.2) is 0 Å². The van der Waals surface area contributed by atoms with Crippen molar-refractivity contribution in [2.45, 2.75) is 69.6 Å². The molecule has 4 heteroatoms. The van der Waals surface area contributed by atoms with E-state index in [1.165, 1.54) is 12.8 Å². The summed E-state index contributed by atoms with van der Waals surface area (Å²) >= 11 is 0. The average molecular weight is 255 g/mol. The van der Waals surface area contributed by atoms with E-state index >= 15 is 0 Å². The minimum Gasteiger partial charge on any atom is -0.480 e. The van der Waals surface area contributed by atoms with Crippen molar-refractivity contribution >= 4 is 5.97 Å². The van der Waals surface area contributed by atoms with Crippen LogP contribution in [0.5, 0.6) is 0 Å². The summed E-state index contributed by atoms with van der Waals surface area (Å²) in [7, 11) is 1.94. The van der Waals surface area contributed by atoms with E-state index in [0.29, 0.717) is 6.04 Å². The highest BCUT2D eigenvalue weighted by atomic mass is 16.5. The first kappa shape index (κ1) is 13.8. The topological polar surface area (TPSA) is 49.8 Å². The third kappa shape index (κ3) is 2.41. The van der Waals surface area contributed by atoms with Gasteiger partial charge in [0.25, 0.3) is 0 Å². The van der Waals surface area contributed by atoms with Crippen LogP contribution in [0.3, 0.4) is 0 Å². The van der Waals surface area contributed by atoms with Crippen LogP contribution >= 0.6 is 0 Å². The summed E-state index contributed by atoms with van der Waals surface area (Å²) < 4.78 is 6.01. The molecule has 1 aliphatic heterocycles. The second-order valence-electron chi connectivity index (χ2n) is 6.36. The van der Waals surface area contributed by atoms with E-state index in [9.17, 15) is 9.90 Å². The first-order chi connectivity index (χ1) is 8.37. The molecule has 0 amide bonds. The molecule has 0 aromatic heterocycles. The number of rotatable bonds is 3. The molecule has 0 aromatic rings. The van der Waals surface area contributed by atoms with Crippen molar-refractivity contribution in [3.63, 3.8) is 0 Å². The third-order valence-corrected chi connectivity index (χ3v) is 4.93. The second kappa shape index (κ2) is 4.82. The van der Waals surface area contributed by atoms with Crippen LogP contribution in [0.2, 0.25) is 0 Å². The zero-order valence-corrected chi connectivity index (χ0v) is 11.7. The number of carbonyl (C=O) groups is 1. The highest BCUT2D eigenvalue weighted by Crippen LogP contribution is 2.41. The molecule has 1 N–H and O–H groups in total. The number of nitrogens with zero attached hydrogens (tertiary/aromatic N) is 1. The van der Waals surface area contributed by atoms with Gasteiger partial charge in [-0.3, -0.25) is 9.69 Å².